The van der Waals surface area contributed by atoms with Gasteiger partial charge in [-0.15, -0.1) is 5.10 Å². The third-order valence-electron chi connectivity index (χ3n) is 4.48. The molecule has 1 atom stereocenters. The molecule has 1 aromatic rings. The lowest BCUT2D eigenvalue weighted by atomic mass is 9.89. The van der Waals surface area contributed by atoms with Gasteiger partial charge in [0.1, 0.15) is 5.69 Å². The van der Waals surface area contributed by atoms with E-state index in [0.29, 0.717) is 17.8 Å². The van der Waals surface area contributed by atoms with Crippen LogP contribution in [0.2, 0.25) is 0 Å². The van der Waals surface area contributed by atoms with Gasteiger partial charge in [0, 0.05) is 0 Å². The number of aryl methyl sites for hydroxylation is 1. The average Bonchev–Trinajstić information content (AvgIpc) is 3.16. The van der Waals surface area contributed by atoms with Crippen LogP contribution in [0.15, 0.2) is 111 Å². The summed E-state index contributed by atoms with van der Waals surface area (Å²) in [5.41, 5.74) is 3.68. The molecule has 0 aliphatic carbocycles. The predicted octanol–water partition coefficient (Wildman–Crippen LogP) is 6.35. The summed E-state index contributed by atoms with van der Waals surface area (Å²) in [5, 5.41) is 9.15. The topological polar surface area (TPSA) is 57.0 Å². The van der Waals surface area contributed by atoms with E-state index in [1.54, 1.807) is 61.6 Å². The second-order valence-electron chi connectivity index (χ2n) is 6.78. The molecule has 0 aliphatic rings. The second-order valence-corrected chi connectivity index (χ2v) is 6.78. The second kappa shape index (κ2) is 14.9. The van der Waals surface area contributed by atoms with Gasteiger partial charge in [0.05, 0.1) is 23.9 Å². The number of hydrogen-bond donors (Lipinski definition) is 0. The highest BCUT2D eigenvalue weighted by Crippen LogP contribution is 2.29. The van der Waals surface area contributed by atoms with Crippen LogP contribution < -0.4 is 0 Å². The smallest absolute Gasteiger partial charge is 0.313 e. The first-order chi connectivity index (χ1) is 16.0. The van der Waals surface area contributed by atoms with Gasteiger partial charge in [-0.05, 0) is 43.6 Å². The van der Waals surface area contributed by atoms with Crippen molar-refractivity contribution in [1.82, 2.24) is 15.0 Å². The lowest BCUT2D eigenvalue weighted by Gasteiger charge is -2.20. The zero-order chi connectivity index (χ0) is 24.6. The van der Waals surface area contributed by atoms with Gasteiger partial charge in [-0.2, -0.15) is 9.90 Å². The molecule has 1 unspecified atom stereocenters. The van der Waals surface area contributed by atoms with E-state index in [-0.39, 0.29) is 12.6 Å². The van der Waals surface area contributed by atoms with Gasteiger partial charge < -0.3 is 4.74 Å². The fourth-order valence-electron chi connectivity index (χ4n) is 3.03. The number of hydrogen-bond acceptors (Lipinski definition) is 4. The highest BCUT2D eigenvalue weighted by Gasteiger charge is 2.26. The molecule has 0 spiro atoms. The van der Waals surface area contributed by atoms with E-state index in [1.165, 1.54) is 4.80 Å². The number of nitrogens with zero attached hydrogens (tertiary/aromatic N) is 3. The van der Waals surface area contributed by atoms with Gasteiger partial charge in [-0.1, -0.05) is 93.7 Å². The van der Waals surface area contributed by atoms with E-state index in [9.17, 15) is 4.79 Å². The number of ether oxygens (including phenoxy) is 1. The SMILES string of the molecule is C=C/C=C\C(=C/C=C)C(CC(=C/C=C)/C(=C\C=C)n1nc(C)c(/C=C\C=C)n1)C(=O)OCC. The van der Waals surface area contributed by atoms with Crippen LogP contribution in [-0.2, 0) is 9.53 Å². The maximum Gasteiger partial charge on any atom is 0.313 e. The summed E-state index contributed by atoms with van der Waals surface area (Å²) in [5.74, 6) is -0.929. The Balaban J connectivity index is 3.58. The van der Waals surface area contributed by atoms with E-state index in [0.717, 1.165) is 16.8 Å². The molecule has 5 nitrogen and oxygen atoms in total. The summed E-state index contributed by atoms with van der Waals surface area (Å²) in [6, 6.07) is 0. The first-order valence-electron chi connectivity index (χ1n) is 10.6. The van der Waals surface area contributed by atoms with Gasteiger partial charge in [-0.25, -0.2) is 0 Å². The molecule has 1 aromatic heterocycles. The molecule has 0 saturated heterocycles. The number of aromatic nitrogens is 3. The average molecular weight is 444 g/mol. The van der Waals surface area contributed by atoms with Crippen LogP contribution in [0.5, 0.6) is 0 Å². The number of carbonyl (C=O) groups is 1. The van der Waals surface area contributed by atoms with Crippen LogP contribution in [0.1, 0.15) is 24.7 Å². The van der Waals surface area contributed by atoms with Gasteiger partial charge in [-0.3, -0.25) is 4.79 Å². The zero-order valence-electron chi connectivity index (χ0n) is 19.6. The Morgan fingerprint density at radius 3 is 2.21 bits per heavy atom. The van der Waals surface area contributed by atoms with Gasteiger partial charge in [0.15, 0.2) is 0 Å². The van der Waals surface area contributed by atoms with Crippen molar-refractivity contribution in [2.24, 2.45) is 5.92 Å². The van der Waals surface area contributed by atoms with Crippen LogP contribution in [0.4, 0.5) is 0 Å². The van der Waals surface area contributed by atoms with Gasteiger partial charge in [0.25, 0.3) is 0 Å². The molecule has 1 rings (SSSR count). The Morgan fingerprint density at radius 1 is 0.970 bits per heavy atom. The molecule has 1 heterocycles. The number of allylic oxidation sites excluding steroid dienone is 13. The molecule has 0 N–H and O–H groups in total. The highest BCUT2D eigenvalue weighted by atomic mass is 16.5. The maximum atomic E-state index is 12.9. The summed E-state index contributed by atoms with van der Waals surface area (Å²) in [6.07, 6.45) is 21.3. The number of rotatable bonds is 14. The molecule has 172 valence electrons. The molecule has 0 aliphatic heterocycles. The molecule has 5 heteroatoms. The molecule has 0 amide bonds. The first-order valence-corrected chi connectivity index (χ1v) is 10.6. The van der Waals surface area contributed by atoms with Crippen molar-refractivity contribution in [2.75, 3.05) is 6.61 Å². The molecule has 0 aromatic carbocycles. The molecule has 0 bridgehead atoms. The Morgan fingerprint density at radius 2 is 1.64 bits per heavy atom. The van der Waals surface area contributed by atoms with Crippen molar-refractivity contribution < 1.29 is 9.53 Å². The third-order valence-corrected chi connectivity index (χ3v) is 4.48. The van der Waals surface area contributed by atoms with Crippen LogP contribution in [0.25, 0.3) is 11.8 Å². The van der Waals surface area contributed by atoms with E-state index < -0.39 is 5.92 Å². The van der Waals surface area contributed by atoms with E-state index in [2.05, 4.69) is 43.1 Å². The summed E-state index contributed by atoms with van der Waals surface area (Å²) >= 11 is 0. The van der Waals surface area contributed by atoms with Crippen molar-refractivity contribution in [3.8, 4) is 0 Å². The molecular weight excluding hydrogens is 410 g/mol. The largest absolute Gasteiger partial charge is 0.466 e. The van der Waals surface area contributed by atoms with E-state index >= 15 is 0 Å². The molecule has 0 fully saturated rings. The summed E-state index contributed by atoms with van der Waals surface area (Å²) < 4.78 is 5.38. The zero-order valence-corrected chi connectivity index (χ0v) is 19.6. The number of esters is 1. The predicted molar refractivity (Wildman–Crippen MR) is 139 cm³/mol. The number of carbonyl (C=O) groups excluding carboxylic acids is 1. The monoisotopic (exact) mass is 443 g/mol. The molecule has 0 saturated carbocycles. The minimum atomic E-state index is -0.588. The fourth-order valence-corrected chi connectivity index (χ4v) is 3.03. The van der Waals surface area contributed by atoms with Crippen molar-refractivity contribution >= 4 is 17.7 Å². The van der Waals surface area contributed by atoms with Crippen LogP contribution in [0.3, 0.4) is 0 Å². The van der Waals surface area contributed by atoms with E-state index in [1.807, 2.05) is 25.2 Å². The van der Waals surface area contributed by atoms with Crippen LogP contribution in [0, 0.1) is 12.8 Å². The third kappa shape index (κ3) is 8.22. The Hall–Kier alpha value is -3.99. The van der Waals surface area contributed by atoms with Gasteiger partial charge in [0.2, 0.25) is 0 Å². The minimum Gasteiger partial charge on any atom is -0.466 e. The molecule has 33 heavy (non-hydrogen) atoms. The van der Waals surface area contributed by atoms with Crippen molar-refractivity contribution in [2.45, 2.75) is 20.3 Å². The molecule has 0 radical (unpaired) electrons. The Bertz CT molecular complexity index is 1030. The minimum absolute atomic E-state index is 0.274. The normalized spacial score (nSPS) is 13.7. The summed E-state index contributed by atoms with van der Waals surface area (Å²) in [7, 11) is 0. The lowest BCUT2D eigenvalue weighted by molar-refractivity contribution is -0.146. The standard InChI is InChI=1S/C28H33N3O2/c1-8-14-19-23(16-10-3)25(28(32)33-13-6)21-24(17-11-4)27(18-12-5)31-29-22(7)26(30-31)20-15-9-2/h8-12,14-20,25H,1-5,13,21H2,6-7H3/b19-14-,20-15-,23-16+,24-17-,27-18+. The van der Waals surface area contributed by atoms with E-state index in [4.69, 9.17) is 4.74 Å². The van der Waals surface area contributed by atoms with Gasteiger partial charge >= 0.3 is 5.97 Å². The lowest BCUT2D eigenvalue weighted by Crippen LogP contribution is -2.21. The first kappa shape index (κ1) is 27.0. The van der Waals surface area contributed by atoms with Crippen molar-refractivity contribution in [3.05, 3.63) is 122 Å². The fraction of sp³-hybridized carbons (Fsp3) is 0.179. The maximum absolute atomic E-state index is 12.9. The Labute approximate surface area is 197 Å². The van der Waals surface area contributed by atoms with Crippen molar-refractivity contribution in [3.63, 3.8) is 0 Å². The highest BCUT2D eigenvalue weighted by molar-refractivity contribution is 5.79. The molecular formula is C28H33N3O2. The summed E-state index contributed by atoms with van der Waals surface area (Å²) in [6.45, 7) is 22.8. The van der Waals surface area contributed by atoms with Crippen LogP contribution >= 0.6 is 0 Å². The quantitative estimate of drug-likeness (QED) is 0.248. The van der Waals surface area contributed by atoms with Crippen LogP contribution in [-0.4, -0.2) is 27.6 Å². The Kier molecular flexibility index (Phi) is 12.2. The van der Waals surface area contributed by atoms with Crippen molar-refractivity contribution in [1.29, 1.82) is 0 Å². The summed E-state index contributed by atoms with van der Waals surface area (Å²) in [4.78, 5) is 14.5.